The van der Waals surface area contributed by atoms with Crippen molar-refractivity contribution in [1.29, 1.82) is 0 Å². The van der Waals surface area contributed by atoms with Crippen molar-refractivity contribution in [3.8, 4) is 12.3 Å². The van der Waals surface area contributed by atoms with E-state index in [9.17, 15) is 0 Å². The lowest BCUT2D eigenvalue weighted by molar-refractivity contribution is -0.0256. The molecule has 0 fully saturated rings. The number of allylic oxidation sites excluding steroid dienone is 2. The van der Waals surface area contributed by atoms with Gasteiger partial charge in [-0.2, -0.15) is 0 Å². The van der Waals surface area contributed by atoms with Gasteiger partial charge in [0.1, 0.15) is 0 Å². The largest absolute Gasteiger partial charge is 0.372 e. The smallest absolute Gasteiger partial charge is 0.0779 e. The lowest BCUT2D eigenvalue weighted by atomic mass is 10.0. The molecule has 0 amide bonds. The molecule has 1 aliphatic heterocycles. The minimum Gasteiger partial charge on any atom is -0.372 e. The van der Waals surface area contributed by atoms with Crippen molar-refractivity contribution < 1.29 is 4.74 Å². The zero-order valence-corrected chi connectivity index (χ0v) is 13.0. The molecule has 0 unspecified atom stereocenters. The second kappa shape index (κ2) is 8.80. The third-order valence-electron chi connectivity index (χ3n) is 3.14. The van der Waals surface area contributed by atoms with E-state index < -0.39 is 0 Å². The van der Waals surface area contributed by atoms with E-state index in [1.165, 1.54) is 0 Å². The van der Waals surface area contributed by atoms with Crippen LogP contribution < -0.4 is 0 Å². The molecule has 1 rings (SSSR count). The quantitative estimate of drug-likeness (QED) is 0.414. The molecule has 18 heavy (non-hydrogen) atoms. The molecule has 0 aromatic heterocycles. The normalized spacial score (nSPS) is 30.0. The first-order chi connectivity index (χ1) is 8.72. The molecule has 0 radical (unpaired) electrons. The molecular formula is C15H20BrClO. The second-order valence-electron chi connectivity index (χ2n) is 4.42. The average Bonchev–Trinajstić information content (AvgIpc) is 2.60. The summed E-state index contributed by atoms with van der Waals surface area (Å²) in [6.45, 7) is 2.15. The van der Waals surface area contributed by atoms with Gasteiger partial charge in [-0.05, 0) is 25.3 Å². The van der Waals surface area contributed by atoms with Crippen molar-refractivity contribution in [2.24, 2.45) is 5.92 Å². The summed E-state index contributed by atoms with van der Waals surface area (Å²) in [5, 5.41) is 0.904. The summed E-state index contributed by atoms with van der Waals surface area (Å²) in [4.78, 5) is 0. The zero-order chi connectivity index (χ0) is 13.4. The standard InChI is InChI=1S/C15H20BrClO/c1-3-5-6-9-13(17)15-10-7-8-12(11-16)14(4-2)18-15/h1,5-8,12-15H,4,9-11H2,2H3/b6-5-/t12-,13+,14-,15-/m1/s1. The molecule has 0 aromatic carbocycles. The first-order valence-corrected chi connectivity index (χ1v) is 7.92. The van der Waals surface area contributed by atoms with Gasteiger partial charge >= 0.3 is 0 Å². The number of ether oxygens (including phenoxy) is 1. The Bertz CT molecular complexity index is 332. The topological polar surface area (TPSA) is 9.23 Å². The van der Waals surface area contributed by atoms with Gasteiger partial charge in [0.05, 0.1) is 17.6 Å². The van der Waals surface area contributed by atoms with Crippen molar-refractivity contribution in [2.75, 3.05) is 5.33 Å². The SMILES string of the molecule is C#C/C=C\C[C@H](Cl)[C@H]1CC=C[C@H](CBr)[C@@H](CC)O1. The van der Waals surface area contributed by atoms with Crippen LogP contribution in [0.2, 0.25) is 0 Å². The van der Waals surface area contributed by atoms with Gasteiger partial charge in [-0.1, -0.05) is 47.0 Å². The molecule has 1 aliphatic rings. The Balaban J connectivity index is 2.60. The number of alkyl halides is 2. The Morgan fingerprint density at radius 3 is 3.06 bits per heavy atom. The molecule has 3 heteroatoms. The molecule has 0 spiro atoms. The summed E-state index contributed by atoms with van der Waals surface area (Å²) < 4.78 is 6.15. The molecule has 0 aromatic rings. The minimum atomic E-state index is -0.0256. The Hall–Kier alpha value is -0.230. The second-order valence-corrected chi connectivity index (χ2v) is 5.63. The van der Waals surface area contributed by atoms with Crippen LogP contribution in [0.15, 0.2) is 24.3 Å². The summed E-state index contributed by atoms with van der Waals surface area (Å²) >= 11 is 9.93. The highest BCUT2D eigenvalue weighted by molar-refractivity contribution is 9.09. The van der Waals surface area contributed by atoms with Crippen LogP contribution in [0.3, 0.4) is 0 Å². The van der Waals surface area contributed by atoms with E-state index in [1.54, 1.807) is 6.08 Å². The zero-order valence-electron chi connectivity index (χ0n) is 10.7. The lowest BCUT2D eigenvalue weighted by Gasteiger charge is -2.27. The highest BCUT2D eigenvalue weighted by Gasteiger charge is 2.27. The highest BCUT2D eigenvalue weighted by Crippen LogP contribution is 2.27. The van der Waals surface area contributed by atoms with Gasteiger partial charge < -0.3 is 4.74 Å². The fourth-order valence-corrected chi connectivity index (χ4v) is 2.99. The van der Waals surface area contributed by atoms with Crippen LogP contribution in [0.4, 0.5) is 0 Å². The van der Waals surface area contributed by atoms with Gasteiger partial charge in [0.15, 0.2) is 0 Å². The fraction of sp³-hybridized carbons (Fsp3) is 0.600. The number of hydrogen-bond acceptors (Lipinski definition) is 1. The summed E-state index contributed by atoms with van der Waals surface area (Å²) in [5.74, 6) is 2.91. The number of terminal acetylenes is 1. The van der Waals surface area contributed by atoms with E-state index in [-0.39, 0.29) is 17.6 Å². The lowest BCUT2D eigenvalue weighted by Crippen LogP contribution is -2.31. The monoisotopic (exact) mass is 330 g/mol. The Kier molecular flexibility index (Phi) is 7.74. The van der Waals surface area contributed by atoms with Crippen molar-refractivity contribution in [3.05, 3.63) is 24.3 Å². The van der Waals surface area contributed by atoms with E-state index in [1.807, 2.05) is 6.08 Å². The molecule has 4 atom stereocenters. The van der Waals surface area contributed by atoms with Crippen LogP contribution in [0, 0.1) is 18.3 Å². The highest BCUT2D eigenvalue weighted by atomic mass is 79.9. The van der Waals surface area contributed by atoms with Crippen LogP contribution in [0.5, 0.6) is 0 Å². The summed E-state index contributed by atoms with van der Waals surface area (Å²) in [6.07, 6.45) is 16.2. The molecule has 0 saturated carbocycles. The molecule has 1 heterocycles. The molecule has 0 aliphatic carbocycles. The van der Waals surface area contributed by atoms with Crippen LogP contribution >= 0.6 is 27.5 Å². The Morgan fingerprint density at radius 2 is 2.44 bits per heavy atom. The van der Waals surface area contributed by atoms with Crippen LogP contribution in [0.25, 0.3) is 0 Å². The molecule has 0 saturated heterocycles. The molecule has 0 N–H and O–H groups in total. The third kappa shape index (κ3) is 4.80. The third-order valence-corrected chi connectivity index (χ3v) is 4.34. The summed E-state index contributed by atoms with van der Waals surface area (Å²) in [5.41, 5.74) is 0. The number of halogens is 2. The molecule has 1 nitrogen and oxygen atoms in total. The maximum atomic E-state index is 6.39. The van der Waals surface area contributed by atoms with Crippen molar-refractivity contribution in [2.45, 2.75) is 43.8 Å². The van der Waals surface area contributed by atoms with Gasteiger partial charge in [0, 0.05) is 11.2 Å². The fourth-order valence-electron chi connectivity index (χ4n) is 2.09. The van der Waals surface area contributed by atoms with Gasteiger partial charge in [-0.25, -0.2) is 0 Å². The predicted molar refractivity (Wildman–Crippen MR) is 82.2 cm³/mol. The number of hydrogen-bond donors (Lipinski definition) is 0. The van der Waals surface area contributed by atoms with Crippen molar-refractivity contribution >= 4 is 27.5 Å². The predicted octanol–water partition coefficient (Wildman–Crippen LogP) is 4.31. The van der Waals surface area contributed by atoms with Gasteiger partial charge in [0.2, 0.25) is 0 Å². The van der Waals surface area contributed by atoms with Gasteiger partial charge in [0.25, 0.3) is 0 Å². The average molecular weight is 332 g/mol. The van der Waals surface area contributed by atoms with E-state index in [0.29, 0.717) is 5.92 Å². The van der Waals surface area contributed by atoms with E-state index in [4.69, 9.17) is 22.8 Å². The maximum absolute atomic E-state index is 6.39. The summed E-state index contributed by atoms with van der Waals surface area (Å²) in [7, 11) is 0. The van der Waals surface area contributed by atoms with Crippen LogP contribution in [-0.4, -0.2) is 22.9 Å². The Labute approximate surface area is 124 Å². The van der Waals surface area contributed by atoms with Crippen molar-refractivity contribution in [3.63, 3.8) is 0 Å². The number of rotatable bonds is 5. The van der Waals surface area contributed by atoms with E-state index in [0.717, 1.165) is 24.6 Å². The van der Waals surface area contributed by atoms with Crippen LogP contribution in [0.1, 0.15) is 26.2 Å². The van der Waals surface area contributed by atoms with E-state index in [2.05, 4.69) is 40.9 Å². The van der Waals surface area contributed by atoms with Gasteiger partial charge in [-0.15, -0.1) is 18.0 Å². The van der Waals surface area contributed by atoms with Gasteiger partial charge in [-0.3, -0.25) is 0 Å². The van der Waals surface area contributed by atoms with Crippen molar-refractivity contribution in [1.82, 2.24) is 0 Å². The van der Waals surface area contributed by atoms with E-state index >= 15 is 0 Å². The Morgan fingerprint density at radius 1 is 1.67 bits per heavy atom. The summed E-state index contributed by atoms with van der Waals surface area (Å²) in [6, 6.07) is 0. The first-order valence-electron chi connectivity index (χ1n) is 6.36. The minimum absolute atomic E-state index is 0.0256. The molecular weight excluding hydrogens is 312 g/mol. The maximum Gasteiger partial charge on any atom is 0.0779 e. The first kappa shape index (κ1) is 15.8. The molecule has 100 valence electrons. The van der Waals surface area contributed by atoms with Crippen LogP contribution in [-0.2, 0) is 4.74 Å². The molecule has 0 bridgehead atoms.